The van der Waals surface area contributed by atoms with Crippen LogP contribution in [0.25, 0.3) is 0 Å². The number of carbonyl (C=O) groups excluding carboxylic acids is 2. The van der Waals surface area contributed by atoms with Crippen LogP contribution in [0.3, 0.4) is 0 Å². The first kappa shape index (κ1) is 16.7. The van der Waals surface area contributed by atoms with Crippen LogP contribution in [0, 0.1) is 6.92 Å². The normalized spacial score (nSPS) is 11.1. The quantitative estimate of drug-likeness (QED) is 0.601. The Hall–Kier alpha value is -2.63. The maximum absolute atomic E-state index is 12.2. The van der Waals surface area contributed by atoms with Crippen molar-refractivity contribution in [1.82, 2.24) is 0 Å². The van der Waals surface area contributed by atoms with Gasteiger partial charge in [0.1, 0.15) is 11.5 Å². The van der Waals surface area contributed by atoms with Gasteiger partial charge in [-0.25, -0.2) is 0 Å². The van der Waals surface area contributed by atoms with Crippen molar-refractivity contribution in [2.75, 3.05) is 0 Å². The highest BCUT2D eigenvalue weighted by molar-refractivity contribution is 6.10. The molecule has 0 amide bonds. The highest BCUT2D eigenvalue weighted by Gasteiger charge is 2.39. The van der Waals surface area contributed by atoms with Gasteiger partial charge in [0.2, 0.25) is 5.78 Å². The SMILES string of the molecule is Cc1cc(Oc2ccccc2)ccc1C(=O)CC(=O)C(F)(F)F. The first-order valence-corrected chi connectivity index (χ1v) is 6.74. The highest BCUT2D eigenvalue weighted by Crippen LogP contribution is 2.25. The van der Waals surface area contributed by atoms with E-state index in [1.165, 1.54) is 18.2 Å². The molecule has 0 aliphatic heterocycles. The van der Waals surface area contributed by atoms with Crippen molar-refractivity contribution in [1.29, 1.82) is 0 Å². The van der Waals surface area contributed by atoms with Gasteiger partial charge in [-0.05, 0) is 42.8 Å². The number of ether oxygens (including phenoxy) is 1. The molecule has 0 aromatic heterocycles. The van der Waals surface area contributed by atoms with Crippen LogP contribution >= 0.6 is 0 Å². The standard InChI is InChI=1S/C17H13F3O3/c1-11-9-13(23-12-5-3-2-4-6-12)7-8-14(11)15(21)10-16(22)17(18,19)20/h2-9H,10H2,1H3. The second-order valence-corrected chi connectivity index (χ2v) is 4.91. The molecule has 0 heterocycles. The Morgan fingerprint density at radius 3 is 2.22 bits per heavy atom. The van der Waals surface area contributed by atoms with E-state index < -0.39 is 24.2 Å². The van der Waals surface area contributed by atoms with E-state index in [4.69, 9.17) is 4.74 Å². The van der Waals surface area contributed by atoms with Crippen molar-refractivity contribution in [3.8, 4) is 11.5 Å². The molecule has 0 N–H and O–H groups in total. The van der Waals surface area contributed by atoms with Gasteiger partial charge < -0.3 is 4.74 Å². The van der Waals surface area contributed by atoms with E-state index >= 15 is 0 Å². The zero-order valence-corrected chi connectivity index (χ0v) is 12.2. The Morgan fingerprint density at radius 2 is 1.65 bits per heavy atom. The molecule has 0 saturated heterocycles. The van der Waals surface area contributed by atoms with Gasteiger partial charge in [0.15, 0.2) is 5.78 Å². The van der Waals surface area contributed by atoms with Gasteiger partial charge in [0.05, 0.1) is 6.42 Å². The molecular weight excluding hydrogens is 309 g/mol. The minimum atomic E-state index is -5.00. The maximum Gasteiger partial charge on any atom is 0.450 e. The Morgan fingerprint density at radius 1 is 1.00 bits per heavy atom. The Kier molecular flexibility index (Phi) is 4.83. The van der Waals surface area contributed by atoms with E-state index in [2.05, 4.69) is 0 Å². The van der Waals surface area contributed by atoms with Gasteiger partial charge in [-0.1, -0.05) is 18.2 Å². The molecule has 2 aromatic rings. The summed E-state index contributed by atoms with van der Waals surface area (Å²) in [5.41, 5.74) is 0.515. The lowest BCUT2D eigenvalue weighted by Crippen LogP contribution is -2.25. The third-order valence-corrected chi connectivity index (χ3v) is 3.11. The van der Waals surface area contributed by atoms with Crippen molar-refractivity contribution in [3.05, 3.63) is 59.7 Å². The molecule has 0 radical (unpaired) electrons. The predicted molar refractivity (Wildman–Crippen MR) is 77.7 cm³/mol. The minimum Gasteiger partial charge on any atom is -0.457 e. The average Bonchev–Trinajstić information content (AvgIpc) is 2.47. The average molecular weight is 322 g/mol. The maximum atomic E-state index is 12.2. The Labute approximate surface area is 130 Å². The summed E-state index contributed by atoms with van der Waals surface area (Å²) >= 11 is 0. The second kappa shape index (κ2) is 6.64. The Balaban J connectivity index is 2.13. The smallest absolute Gasteiger partial charge is 0.450 e. The van der Waals surface area contributed by atoms with Crippen molar-refractivity contribution in [2.24, 2.45) is 0 Å². The van der Waals surface area contributed by atoms with Gasteiger partial charge >= 0.3 is 6.18 Å². The van der Waals surface area contributed by atoms with Crippen molar-refractivity contribution in [2.45, 2.75) is 19.5 Å². The molecule has 23 heavy (non-hydrogen) atoms. The summed E-state index contributed by atoms with van der Waals surface area (Å²) in [4.78, 5) is 22.7. The summed E-state index contributed by atoms with van der Waals surface area (Å²) in [5, 5.41) is 0. The molecule has 0 bridgehead atoms. The summed E-state index contributed by atoms with van der Waals surface area (Å²) in [6, 6.07) is 13.3. The van der Waals surface area contributed by atoms with Crippen LogP contribution in [-0.2, 0) is 4.79 Å². The summed E-state index contributed by atoms with van der Waals surface area (Å²) in [6.45, 7) is 1.57. The first-order chi connectivity index (χ1) is 10.8. The van der Waals surface area contributed by atoms with Gasteiger partial charge in [0, 0.05) is 5.56 Å². The van der Waals surface area contributed by atoms with Crippen LogP contribution < -0.4 is 4.74 Å². The van der Waals surface area contributed by atoms with Crippen molar-refractivity contribution < 1.29 is 27.5 Å². The molecule has 0 aliphatic rings. The molecule has 0 saturated carbocycles. The molecule has 0 unspecified atom stereocenters. The molecule has 0 atom stereocenters. The number of aryl methyl sites for hydroxylation is 1. The molecule has 2 aromatic carbocycles. The lowest BCUT2D eigenvalue weighted by atomic mass is 10.0. The number of rotatable bonds is 5. The van der Waals surface area contributed by atoms with Crippen LogP contribution in [0.5, 0.6) is 11.5 Å². The second-order valence-electron chi connectivity index (χ2n) is 4.91. The Bertz CT molecular complexity index is 722. The fourth-order valence-corrected chi connectivity index (χ4v) is 1.98. The molecule has 0 fully saturated rings. The molecule has 3 nitrogen and oxygen atoms in total. The lowest BCUT2D eigenvalue weighted by molar-refractivity contribution is -0.170. The van der Waals surface area contributed by atoms with Crippen molar-refractivity contribution in [3.63, 3.8) is 0 Å². The topological polar surface area (TPSA) is 43.4 Å². The third kappa shape index (κ3) is 4.42. The summed E-state index contributed by atoms with van der Waals surface area (Å²) in [7, 11) is 0. The van der Waals surface area contributed by atoms with Crippen LogP contribution in [-0.4, -0.2) is 17.7 Å². The van der Waals surface area contributed by atoms with E-state index in [0.717, 1.165) is 0 Å². The van der Waals surface area contributed by atoms with E-state index in [1.807, 2.05) is 6.07 Å². The van der Waals surface area contributed by atoms with Gasteiger partial charge in [0.25, 0.3) is 0 Å². The third-order valence-electron chi connectivity index (χ3n) is 3.11. The van der Waals surface area contributed by atoms with Gasteiger partial charge in [-0.2, -0.15) is 13.2 Å². The minimum absolute atomic E-state index is 0.0722. The summed E-state index contributed by atoms with van der Waals surface area (Å²) in [5.74, 6) is -1.87. The number of carbonyl (C=O) groups is 2. The number of benzene rings is 2. The van der Waals surface area contributed by atoms with E-state index in [1.54, 1.807) is 31.2 Å². The molecule has 0 spiro atoms. The number of Topliss-reactive ketones (excluding diaryl/α,β-unsaturated/α-hetero) is 2. The number of hydrogen-bond donors (Lipinski definition) is 0. The predicted octanol–water partition coefficient (Wildman–Crippen LogP) is 4.49. The molecule has 120 valence electrons. The van der Waals surface area contributed by atoms with E-state index in [0.29, 0.717) is 17.1 Å². The van der Waals surface area contributed by atoms with Crippen LogP contribution in [0.15, 0.2) is 48.5 Å². The molecular formula is C17H13F3O3. The summed E-state index contributed by atoms with van der Waals surface area (Å²) in [6.07, 6.45) is -6.19. The van der Waals surface area contributed by atoms with Crippen LogP contribution in [0.1, 0.15) is 22.3 Å². The van der Waals surface area contributed by atoms with Crippen LogP contribution in [0.2, 0.25) is 0 Å². The first-order valence-electron chi connectivity index (χ1n) is 6.74. The largest absolute Gasteiger partial charge is 0.457 e. The zero-order valence-electron chi connectivity index (χ0n) is 12.2. The monoisotopic (exact) mass is 322 g/mol. The highest BCUT2D eigenvalue weighted by atomic mass is 19.4. The zero-order chi connectivity index (χ0) is 17.0. The molecule has 2 rings (SSSR count). The number of ketones is 2. The fraction of sp³-hybridized carbons (Fsp3) is 0.176. The fourth-order valence-electron chi connectivity index (χ4n) is 1.98. The molecule has 6 heteroatoms. The number of halogens is 3. The number of hydrogen-bond acceptors (Lipinski definition) is 3. The van der Waals surface area contributed by atoms with E-state index in [-0.39, 0.29) is 5.56 Å². The number of alkyl halides is 3. The van der Waals surface area contributed by atoms with Gasteiger partial charge in [-0.15, -0.1) is 0 Å². The van der Waals surface area contributed by atoms with Crippen molar-refractivity contribution >= 4 is 11.6 Å². The van der Waals surface area contributed by atoms with Crippen LogP contribution in [0.4, 0.5) is 13.2 Å². The number of para-hydroxylation sites is 1. The lowest BCUT2D eigenvalue weighted by Gasteiger charge is -2.10. The van der Waals surface area contributed by atoms with Gasteiger partial charge in [-0.3, -0.25) is 9.59 Å². The van der Waals surface area contributed by atoms with E-state index in [9.17, 15) is 22.8 Å². The summed E-state index contributed by atoms with van der Waals surface area (Å²) < 4.78 is 42.2. The molecule has 0 aliphatic carbocycles.